The first-order valence-electron chi connectivity index (χ1n) is 11.2. The first-order chi connectivity index (χ1) is 18.0. The summed E-state index contributed by atoms with van der Waals surface area (Å²) in [6, 6.07) is 13.1. The number of hydrogen-bond acceptors (Lipinski definition) is 4. The third-order valence-electron chi connectivity index (χ3n) is 5.76. The Morgan fingerprint density at radius 2 is 1.76 bits per heavy atom. The van der Waals surface area contributed by atoms with Gasteiger partial charge in [0.25, 0.3) is 0 Å². The number of aliphatic carboxylic acids is 1. The largest absolute Gasteiger partial charge is 0.481 e. The van der Waals surface area contributed by atoms with Gasteiger partial charge in [-0.05, 0) is 36.2 Å². The zero-order chi connectivity index (χ0) is 27.6. The number of anilines is 1. The fourth-order valence-electron chi connectivity index (χ4n) is 4.08. The topological polar surface area (TPSA) is 96.6 Å². The summed E-state index contributed by atoms with van der Waals surface area (Å²) in [6.45, 7) is 0. The summed E-state index contributed by atoms with van der Waals surface area (Å²) >= 11 is 6.62. The molecule has 0 aliphatic heterocycles. The SMILES string of the molecule is O=C(O)CCc1cccc(-c2c(CC(=O)Nc3ccc(F)cc3C(F)(F)F)c(=O)oc3ccccc23)c1Cl. The van der Waals surface area contributed by atoms with E-state index in [1.807, 2.05) is 0 Å². The van der Waals surface area contributed by atoms with E-state index in [0.717, 1.165) is 12.1 Å². The van der Waals surface area contributed by atoms with Gasteiger partial charge >= 0.3 is 17.8 Å². The van der Waals surface area contributed by atoms with Gasteiger partial charge < -0.3 is 14.8 Å². The number of nitrogens with one attached hydrogen (secondary N) is 1. The Labute approximate surface area is 217 Å². The van der Waals surface area contributed by atoms with Gasteiger partial charge in [0, 0.05) is 22.9 Å². The molecule has 0 fully saturated rings. The number of fused-ring (bicyclic) bond motifs is 1. The van der Waals surface area contributed by atoms with Crippen LogP contribution in [0.3, 0.4) is 0 Å². The maximum Gasteiger partial charge on any atom is 0.418 e. The predicted molar refractivity (Wildman–Crippen MR) is 133 cm³/mol. The van der Waals surface area contributed by atoms with Gasteiger partial charge in [0.2, 0.25) is 5.91 Å². The summed E-state index contributed by atoms with van der Waals surface area (Å²) in [5.41, 5.74) is -1.93. The van der Waals surface area contributed by atoms with Crippen LogP contribution in [-0.2, 0) is 28.6 Å². The van der Waals surface area contributed by atoms with E-state index in [2.05, 4.69) is 5.32 Å². The van der Waals surface area contributed by atoms with Gasteiger partial charge in [-0.1, -0.05) is 48.0 Å². The Hall–Kier alpha value is -4.18. The number of carbonyl (C=O) groups excluding carboxylic acids is 1. The van der Waals surface area contributed by atoms with Gasteiger partial charge in [0.1, 0.15) is 11.4 Å². The quantitative estimate of drug-likeness (QED) is 0.204. The Bertz CT molecular complexity index is 1610. The summed E-state index contributed by atoms with van der Waals surface area (Å²) in [5.74, 6) is -3.15. The molecule has 3 aromatic carbocycles. The number of carbonyl (C=O) groups is 2. The lowest BCUT2D eigenvalue weighted by Crippen LogP contribution is -2.22. The molecule has 11 heteroatoms. The van der Waals surface area contributed by atoms with Crippen LogP contribution in [0.1, 0.15) is 23.1 Å². The number of hydrogen-bond donors (Lipinski definition) is 2. The van der Waals surface area contributed by atoms with E-state index in [0.29, 0.717) is 16.5 Å². The molecular formula is C27H18ClF4NO5. The number of alkyl halides is 3. The van der Waals surface area contributed by atoms with Crippen molar-refractivity contribution < 1.29 is 36.7 Å². The molecule has 2 N–H and O–H groups in total. The molecule has 0 unspecified atom stereocenters. The van der Waals surface area contributed by atoms with Gasteiger partial charge in [0.15, 0.2) is 0 Å². The minimum atomic E-state index is -4.94. The minimum Gasteiger partial charge on any atom is -0.481 e. The zero-order valence-corrected chi connectivity index (χ0v) is 20.1. The third-order valence-corrected chi connectivity index (χ3v) is 6.21. The molecule has 1 amide bonds. The third kappa shape index (κ3) is 5.70. The molecule has 4 aromatic rings. The highest BCUT2D eigenvalue weighted by Crippen LogP contribution is 2.38. The fourth-order valence-corrected chi connectivity index (χ4v) is 4.39. The van der Waals surface area contributed by atoms with Crippen LogP contribution in [0.25, 0.3) is 22.1 Å². The number of aryl methyl sites for hydroxylation is 1. The average molecular weight is 548 g/mol. The molecule has 0 saturated carbocycles. The maximum absolute atomic E-state index is 13.5. The van der Waals surface area contributed by atoms with Crippen molar-refractivity contribution in [1.29, 1.82) is 0 Å². The average Bonchev–Trinajstić information content (AvgIpc) is 2.84. The summed E-state index contributed by atoms with van der Waals surface area (Å²) < 4.78 is 59.0. The van der Waals surface area contributed by atoms with Crippen LogP contribution in [0.5, 0.6) is 0 Å². The number of carboxylic acid groups (broad SMARTS) is 1. The van der Waals surface area contributed by atoms with Crippen LogP contribution >= 0.6 is 11.6 Å². The Morgan fingerprint density at radius 3 is 2.47 bits per heavy atom. The highest BCUT2D eigenvalue weighted by atomic mass is 35.5. The molecule has 6 nitrogen and oxygen atoms in total. The van der Waals surface area contributed by atoms with Gasteiger partial charge in [-0.25, -0.2) is 9.18 Å². The number of amides is 1. The highest BCUT2D eigenvalue weighted by molar-refractivity contribution is 6.34. The maximum atomic E-state index is 13.5. The van der Waals surface area contributed by atoms with E-state index in [1.54, 1.807) is 36.4 Å². The Balaban J connectivity index is 1.81. The first kappa shape index (κ1) is 26.9. The van der Waals surface area contributed by atoms with Gasteiger partial charge in [-0.15, -0.1) is 0 Å². The number of carboxylic acids is 1. The molecule has 196 valence electrons. The van der Waals surface area contributed by atoms with Gasteiger partial charge in [-0.3, -0.25) is 9.59 Å². The summed E-state index contributed by atoms with van der Waals surface area (Å²) in [7, 11) is 0. The van der Waals surface area contributed by atoms with Crippen molar-refractivity contribution in [2.24, 2.45) is 0 Å². The number of benzene rings is 3. The lowest BCUT2D eigenvalue weighted by molar-refractivity contribution is -0.138. The van der Waals surface area contributed by atoms with Crippen LogP contribution in [0.15, 0.2) is 69.9 Å². The van der Waals surface area contributed by atoms with Crippen LogP contribution in [0.4, 0.5) is 23.2 Å². The molecule has 0 radical (unpaired) electrons. The predicted octanol–water partition coefficient (Wildman–Crippen LogP) is 6.47. The molecule has 0 aliphatic rings. The molecular weight excluding hydrogens is 530 g/mol. The van der Waals surface area contributed by atoms with Crippen molar-refractivity contribution in [3.8, 4) is 11.1 Å². The second-order valence-electron chi connectivity index (χ2n) is 8.32. The fraction of sp³-hybridized carbons (Fsp3) is 0.148. The molecule has 0 bridgehead atoms. The molecule has 0 spiro atoms. The minimum absolute atomic E-state index is 0.0992. The van der Waals surface area contributed by atoms with Crippen molar-refractivity contribution in [1.82, 2.24) is 0 Å². The second kappa shape index (κ2) is 10.7. The highest BCUT2D eigenvalue weighted by Gasteiger charge is 2.34. The molecule has 0 atom stereocenters. The van der Waals surface area contributed by atoms with Gasteiger partial charge in [0.05, 0.1) is 28.3 Å². The first-order valence-corrected chi connectivity index (χ1v) is 11.5. The Morgan fingerprint density at radius 1 is 1.03 bits per heavy atom. The van der Waals surface area contributed by atoms with Gasteiger partial charge in [-0.2, -0.15) is 13.2 Å². The van der Waals surface area contributed by atoms with E-state index in [1.165, 1.54) is 6.07 Å². The number of para-hydroxylation sites is 1. The summed E-state index contributed by atoms with van der Waals surface area (Å²) in [4.78, 5) is 37.0. The van der Waals surface area contributed by atoms with Crippen molar-refractivity contribution in [3.05, 3.63) is 98.6 Å². The van der Waals surface area contributed by atoms with Crippen LogP contribution < -0.4 is 10.9 Å². The van der Waals surface area contributed by atoms with Crippen molar-refractivity contribution in [2.45, 2.75) is 25.4 Å². The van der Waals surface area contributed by atoms with E-state index < -0.39 is 47.2 Å². The Kier molecular flexibility index (Phi) is 7.54. The van der Waals surface area contributed by atoms with Crippen LogP contribution in [-0.4, -0.2) is 17.0 Å². The normalized spacial score (nSPS) is 11.5. The van der Waals surface area contributed by atoms with E-state index in [9.17, 15) is 31.9 Å². The molecule has 0 saturated heterocycles. The summed E-state index contributed by atoms with van der Waals surface area (Å²) in [6.07, 6.45) is -5.73. The van der Waals surface area contributed by atoms with Crippen molar-refractivity contribution in [3.63, 3.8) is 0 Å². The lowest BCUT2D eigenvalue weighted by atomic mass is 9.93. The molecule has 38 heavy (non-hydrogen) atoms. The number of rotatable bonds is 7. The second-order valence-corrected chi connectivity index (χ2v) is 8.70. The monoisotopic (exact) mass is 547 g/mol. The molecule has 1 aromatic heterocycles. The van der Waals surface area contributed by atoms with Crippen LogP contribution in [0, 0.1) is 5.82 Å². The smallest absolute Gasteiger partial charge is 0.418 e. The summed E-state index contributed by atoms with van der Waals surface area (Å²) in [5, 5.41) is 11.7. The van der Waals surface area contributed by atoms with E-state index in [4.69, 9.17) is 21.1 Å². The number of halogens is 5. The molecule has 4 rings (SSSR count). The molecule has 1 heterocycles. The van der Waals surface area contributed by atoms with E-state index >= 15 is 0 Å². The lowest BCUT2D eigenvalue weighted by Gasteiger charge is -2.16. The molecule has 0 aliphatic carbocycles. The standard InChI is InChI=1S/C27H18ClF4NO5/c28-25-14(8-11-23(35)36)4-3-6-17(25)24-16-5-1-2-7-21(16)38-26(37)18(24)13-22(34)33-20-10-9-15(29)12-19(20)27(30,31)32/h1-7,9-10,12H,8,11,13H2,(H,33,34)(H,35,36). The van der Waals surface area contributed by atoms with Crippen molar-refractivity contribution in [2.75, 3.05) is 5.32 Å². The van der Waals surface area contributed by atoms with Crippen LogP contribution in [0.2, 0.25) is 5.02 Å². The van der Waals surface area contributed by atoms with Crippen molar-refractivity contribution >= 4 is 40.1 Å². The van der Waals surface area contributed by atoms with E-state index in [-0.39, 0.29) is 40.6 Å². The zero-order valence-electron chi connectivity index (χ0n) is 19.4.